The minimum Gasteiger partial charge on any atom is -0.335 e. The Morgan fingerprint density at radius 2 is 1.92 bits per heavy atom. The highest BCUT2D eigenvalue weighted by Crippen LogP contribution is 2.22. The van der Waals surface area contributed by atoms with E-state index in [1.54, 1.807) is 23.7 Å². The fraction of sp³-hybridized carbons (Fsp3) is 0.412. The Hall–Kier alpha value is -2.42. The van der Waals surface area contributed by atoms with Crippen LogP contribution in [0.1, 0.15) is 25.7 Å². The van der Waals surface area contributed by atoms with E-state index in [1.807, 2.05) is 0 Å². The number of benzene rings is 1. The van der Waals surface area contributed by atoms with Gasteiger partial charge < -0.3 is 9.88 Å². The van der Waals surface area contributed by atoms with Gasteiger partial charge in [-0.2, -0.15) is 0 Å². The van der Waals surface area contributed by atoms with E-state index in [-0.39, 0.29) is 17.6 Å². The van der Waals surface area contributed by atoms with E-state index < -0.39 is 11.9 Å². The molecule has 0 bridgehead atoms. The highest BCUT2D eigenvalue weighted by molar-refractivity contribution is 7.99. The van der Waals surface area contributed by atoms with Crippen molar-refractivity contribution in [2.75, 3.05) is 5.75 Å². The fourth-order valence-corrected chi connectivity index (χ4v) is 3.59. The van der Waals surface area contributed by atoms with Gasteiger partial charge in [0.25, 0.3) is 0 Å². The van der Waals surface area contributed by atoms with Crippen LogP contribution in [0.15, 0.2) is 29.4 Å². The van der Waals surface area contributed by atoms with Gasteiger partial charge in [-0.1, -0.05) is 24.6 Å². The fourth-order valence-electron chi connectivity index (χ4n) is 2.88. The third kappa shape index (κ3) is 4.60. The third-order valence-electron chi connectivity index (χ3n) is 4.21. The van der Waals surface area contributed by atoms with Gasteiger partial charge in [0.15, 0.2) is 11.0 Å². The van der Waals surface area contributed by atoms with Crippen LogP contribution in [0.5, 0.6) is 0 Å². The molecule has 3 rings (SSSR count). The second-order valence-electron chi connectivity index (χ2n) is 6.16. The van der Waals surface area contributed by atoms with E-state index in [2.05, 4.69) is 20.8 Å². The largest absolute Gasteiger partial charge is 0.335 e. The molecular weight excluding hydrogens is 357 g/mol. The molecule has 1 aliphatic rings. The number of carbonyl (C=O) groups excluding carboxylic acids is 2. The second kappa shape index (κ2) is 8.31. The molecule has 1 fully saturated rings. The van der Waals surface area contributed by atoms with Gasteiger partial charge in [-0.3, -0.25) is 10.1 Å². The molecule has 0 aliphatic heterocycles. The van der Waals surface area contributed by atoms with Gasteiger partial charge in [-0.25, -0.2) is 9.18 Å². The summed E-state index contributed by atoms with van der Waals surface area (Å²) >= 11 is 1.18. The lowest BCUT2D eigenvalue weighted by Gasteiger charge is -2.12. The summed E-state index contributed by atoms with van der Waals surface area (Å²) in [6.45, 7) is 0. The van der Waals surface area contributed by atoms with Crippen molar-refractivity contribution in [1.29, 1.82) is 0 Å². The maximum Gasteiger partial charge on any atom is 0.321 e. The maximum absolute atomic E-state index is 13.0. The average Bonchev–Trinajstić information content (AvgIpc) is 3.24. The Kier molecular flexibility index (Phi) is 5.87. The van der Waals surface area contributed by atoms with E-state index in [9.17, 15) is 14.0 Å². The minimum absolute atomic E-state index is 0.0491. The maximum atomic E-state index is 13.0. The number of hydrogen-bond donors (Lipinski definition) is 2. The zero-order valence-electron chi connectivity index (χ0n) is 14.4. The highest BCUT2D eigenvalue weighted by atomic mass is 32.2. The molecule has 3 amide bonds. The zero-order valence-corrected chi connectivity index (χ0v) is 15.2. The summed E-state index contributed by atoms with van der Waals surface area (Å²) in [7, 11) is 1.77. The number of imide groups is 1. The highest BCUT2D eigenvalue weighted by Gasteiger charge is 2.19. The molecule has 138 valence electrons. The topological polar surface area (TPSA) is 88.9 Å². The van der Waals surface area contributed by atoms with E-state index in [0.717, 1.165) is 31.2 Å². The first kappa shape index (κ1) is 18.4. The van der Waals surface area contributed by atoms with Crippen LogP contribution >= 0.6 is 11.8 Å². The van der Waals surface area contributed by atoms with Crippen LogP contribution in [0.2, 0.25) is 0 Å². The lowest BCUT2D eigenvalue weighted by Crippen LogP contribution is -2.44. The van der Waals surface area contributed by atoms with Crippen LogP contribution < -0.4 is 10.6 Å². The van der Waals surface area contributed by atoms with Gasteiger partial charge in [-0.15, -0.1) is 10.2 Å². The Bertz CT molecular complexity index is 787. The van der Waals surface area contributed by atoms with Gasteiger partial charge in [0, 0.05) is 18.7 Å². The summed E-state index contributed by atoms with van der Waals surface area (Å²) in [6, 6.07) is 5.65. The average molecular weight is 377 g/mol. The number of nitrogens with zero attached hydrogens (tertiary/aromatic N) is 3. The number of amides is 3. The minimum atomic E-state index is -0.451. The van der Waals surface area contributed by atoms with Gasteiger partial charge in [0.2, 0.25) is 5.91 Å². The van der Waals surface area contributed by atoms with Crippen LogP contribution in [-0.4, -0.2) is 38.5 Å². The lowest BCUT2D eigenvalue weighted by molar-refractivity contribution is -0.117. The summed E-state index contributed by atoms with van der Waals surface area (Å²) in [6.07, 6.45) is 4.14. The number of carbonyl (C=O) groups is 2. The molecule has 1 saturated carbocycles. The summed E-state index contributed by atoms with van der Waals surface area (Å²) in [5, 5.41) is 13.8. The SMILES string of the molecule is Cn1c(SCC(=O)NC(=O)NC2CCCC2)nnc1-c1ccc(F)cc1. The van der Waals surface area contributed by atoms with Gasteiger partial charge in [-0.05, 0) is 37.1 Å². The van der Waals surface area contributed by atoms with Crippen molar-refractivity contribution >= 4 is 23.7 Å². The molecule has 1 aliphatic carbocycles. The van der Waals surface area contributed by atoms with Gasteiger partial charge in [0.05, 0.1) is 5.75 Å². The van der Waals surface area contributed by atoms with Crippen LogP contribution in [0.4, 0.5) is 9.18 Å². The van der Waals surface area contributed by atoms with E-state index in [0.29, 0.717) is 11.0 Å². The molecule has 0 radical (unpaired) electrons. The normalized spacial score (nSPS) is 14.4. The Morgan fingerprint density at radius 1 is 1.23 bits per heavy atom. The molecule has 0 unspecified atom stereocenters. The van der Waals surface area contributed by atoms with Crippen LogP contribution in [-0.2, 0) is 11.8 Å². The van der Waals surface area contributed by atoms with Crippen molar-refractivity contribution < 1.29 is 14.0 Å². The summed E-state index contributed by atoms with van der Waals surface area (Å²) < 4.78 is 14.8. The Balaban J connectivity index is 1.52. The van der Waals surface area contributed by atoms with E-state index >= 15 is 0 Å². The number of nitrogens with one attached hydrogen (secondary N) is 2. The molecule has 0 spiro atoms. The molecule has 1 aromatic carbocycles. The molecule has 7 nitrogen and oxygen atoms in total. The smallest absolute Gasteiger partial charge is 0.321 e. The van der Waals surface area contributed by atoms with E-state index in [4.69, 9.17) is 0 Å². The number of halogens is 1. The van der Waals surface area contributed by atoms with Crippen LogP contribution in [0, 0.1) is 5.82 Å². The van der Waals surface area contributed by atoms with Crippen molar-refractivity contribution in [3.8, 4) is 11.4 Å². The standard InChI is InChI=1S/C17H20FN5O2S/c1-23-15(11-6-8-12(18)9-7-11)21-22-17(23)26-10-14(24)20-16(25)19-13-4-2-3-5-13/h6-9,13H,2-5,10H2,1H3,(H2,19,20,24,25). The lowest BCUT2D eigenvalue weighted by atomic mass is 10.2. The van der Waals surface area contributed by atoms with Crippen molar-refractivity contribution in [3.63, 3.8) is 0 Å². The molecule has 26 heavy (non-hydrogen) atoms. The molecule has 0 saturated heterocycles. The monoisotopic (exact) mass is 377 g/mol. The number of aromatic nitrogens is 3. The first-order valence-corrected chi connectivity index (χ1v) is 9.40. The van der Waals surface area contributed by atoms with Crippen LogP contribution in [0.3, 0.4) is 0 Å². The predicted molar refractivity (Wildman–Crippen MR) is 96.1 cm³/mol. The second-order valence-corrected chi connectivity index (χ2v) is 7.11. The molecule has 2 N–H and O–H groups in total. The number of hydrogen-bond acceptors (Lipinski definition) is 5. The van der Waals surface area contributed by atoms with Gasteiger partial charge in [0.1, 0.15) is 5.82 Å². The third-order valence-corrected chi connectivity index (χ3v) is 5.23. The van der Waals surface area contributed by atoms with Gasteiger partial charge >= 0.3 is 6.03 Å². The Labute approximate surface area is 154 Å². The predicted octanol–water partition coefficient (Wildman–Crippen LogP) is 2.48. The first-order valence-electron chi connectivity index (χ1n) is 8.41. The summed E-state index contributed by atoms with van der Waals surface area (Å²) in [5.74, 6) is -0.0882. The van der Waals surface area contributed by atoms with Crippen molar-refractivity contribution in [3.05, 3.63) is 30.1 Å². The summed E-state index contributed by atoms with van der Waals surface area (Å²) in [4.78, 5) is 23.7. The molecule has 2 aromatic rings. The Morgan fingerprint density at radius 3 is 2.62 bits per heavy atom. The molecule has 1 heterocycles. The van der Waals surface area contributed by atoms with Crippen LogP contribution in [0.25, 0.3) is 11.4 Å². The van der Waals surface area contributed by atoms with Crippen molar-refractivity contribution in [2.45, 2.75) is 36.9 Å². The van der Waals surface area contributed by atoms with Crippen molar-refractivity contribution in [2.24, 2.45) is 7.05 Å². The van der Waals surface area contributed by atoms with E-state index in [1.165, 1.54) is 23.9 Å². The van der Waals surface area contributed by atoms with Crippen molar-refractivity contribution in [1.82, 2.24) is 25.4 Å². The first-order chi connectivity index (χ1) is 12.5. The molecule has 9 heteroatoms. The molecule has 1 aromatic heterocycles. The molecule has 0 atom stereocenters. The quantitative estimate of drug-likeness (QED) is 0.782. The zero-order chi connectivity index (χ0) is 18.5. The number of urea groups is 1. The molecular formula is C17H20FN5O2S. The number of rotatable bonds is 5. The summed E-state index contributed by atoms with van der Waals surface area (Å²) in [5.41, 5.74) is 0.730. The number of thioether (sulfide) groups is 1.